The van der Waals surface area contributed by atoms with Gasteiger partial charge in [0.25, 0.3) is 0 Å². The molecule has 2 aromatic rings. The average molecular weight is 293 g/mol. The zero-order valence-corrected chi connectivity index (χ0v) is 12.7. The monoisotopic (exact) mass is 293 g/mol. The zero-order chi connectivity index (χ0) is 14.4. The molecule has 0 aliphatic heterocycles. The van der Waals surface area contributed by atoms with Gasteiger partial charge in [-0.25, -0.2) is 4.39 Å². The molecule has 2 rings (SSSR count). The van der Waals surface area contributed by atoms with Crippen molar-refractivity contribution in [3.05, 3.63) is 52.0 Å². The van der Waals surface area contributed by atoms with Crippen molar-refractivity contribution in [3.8, 4) is 5.75 Å². The van der Waals surface area contributed by atoms with Gasteiger partial charge >= 0.3 is 0 Å². The van der Waals surface area contributed by atoms with Gasteiger partial charge in [0.2, 0.25) is 0 Å². The van der Waals surface area contributed by atoms with E-state index in [0.717, 1.165) is 13.0 Å². The first-order valence-electron chi connectivity index (χ1n) is 6.89. The highest BCUT2D eigenvalue weighted by Gasteiger charge is 2.15. The Hall–Kier alpha value is -1.39. The van der Waals surface area contributed by atoms with Crippen LogP contribution in [0.2, 0.25) is 0 Å². The molecule has 1 aromatic heterocycles. The summed E-state index contributed by atoms with van der Waals surface area (Å²) in [5, 5.41) is 5.28. The molecule has 0 saturated carbocycles. The predicted octanol–water partition coefficient (Wildman–Crippen LogP) is 4.18. The Morgan fingerprint density at radius 2 is 2.15 bits per heavy atom. The smallest absolute Gasteiger partial charge is 0.131 e. The Kier molecular flexibility index (Phi) is 5.56. The molecule has 108 valence electrons. The fraction of sp³-hybridized carbons (Fsp3) is 0.375. The van der Waals surface area contributed by atoms with Gasteiger partial charge in [-0.15, -0.1) is 11.3 Å². The summed E-state index contributed by atoms with van der Waals surface area (Å²) in [7, 11) is 0. The highest BCUT2D eigenvalue weighted by Crippen LogP contribution is 2.28. The van der Waals surface area contributed by atoms with Gasteiger partial charge in [0.15, 0.2) is 0 Å². The second-order valence-electron chi connectivity index (χ2n) is 4.61. The number of rotatable bonds is 7. The van der Waals surface area contributed by atoms with E-state index in [2.05, 4.69) is 16.8 Å². The van der Waals surface area contributed by atoms with E-state index < -0.39 is 0 Å². The summed E-state index contributed by atoms with van der Waals surface area (Å²) in [5.74, 6) is 0.419. The van der Waals surface area contributed by atoms with E-state index in [1.54, 1.807) is 17.4 Å². The molecule has 0 radical (unpaired) electrons. The molecule has 2 nitrogen and oxygen atoms in total. The van der Waals surface area contributed by atoms with Crippen molar-refractivity contribution in [2.75, 3.05) is 13.2 Å². The predicted molar refractivity (Wildman–Crippen MR) is 82.0 cm³/mol. The second-order valence-corrected chi connectivity index (χ2v) is 5.64. The van der Waals surface area contributed by atoms with E-state index in [4.69, 9.17) is 4.74 Å². The Morgan fingerprint density at radius 1 is 1.30 bits per heavy atom. The first-order chi connectivity index (χ1) is 9.72. The van der Waals surface area contributed by atoms with Crippen LogP contribution in [0.25, 0.3) is 0 Å². The minimum Gasteiger partial charge on any atom is -0.493 e. The van der Waals surface area contributed by atoms with Crippen LogP contribution in [0.4, 0.5) is 4.39 Å². The molecule has 0 fully saturated rings. The molecule has 1 unspecified atom stereocenters. The van der Waals surface area contributed by atoms with Gasteiger partial charge in [-0.05, 0) is 37.0 Å². The van der Waals surface area contributed by atoms with E-state index in [0.29, 0.717) is 17.9 Å². The third-order valence-corrected chi connectivity index (χ3v) is 4.08. The van der Waals surface area contributed by atoms with Gasteiger partial charge in [0.1, 0.15) is 11.6 Å². The number of benzene rings is 1. The summed E-state index contributed by atoms with van der Waals surface area (Å²) in [6.45, 7) is 5.32. The summed E-state index contributed by atoms with van der Waals surface area (Å²) in [6.07, 6.45) is 0.850. The van der Waals surface area contributed by atoms with Gasteiger partial charge in [0.05, 0.1) is 6.61 Å². The molecule has 0 aliphatic rings. The van der Waals surface area contributed by atoms with E-state index in [1.165, 1.54) is 10.9 Å². The van der Waals surface area contributed by atoms with Crippen LogP contribution in [0, 0.1) is 5.82 Å². The number of hydrogen-bond acceptors (Lipinski definition) is 3. The summed E-state index contributed by atoms with van der Waals surface area (Å²) in [5.41, 5.74) is 0.612. The normalized spacial score (nSPS) is 12.3. The standard InChI is InChI=1S/C16H20FNOS/c1-3-18-12(2)16-14(17)7-4-8-15(16)19-10-9-13-6-5-11-20-13/h4-8,11-12,18H,3,9-10H2,1-2H3. The average Bonchev–Trinajstić information content (AvgIpc) is 2.92. The number of thiophene rings is 1. The number of ether oxygens (including phenoxy) is 1. The second kappa shape index (κ2) is 7.41. The van der Waals surface area contributed by atoms with Crippen molar-refractivity contribution >= 4 is 11.3 Å². The Labute approximate surface area is 123 Å². The fourth-order valence-corrected chi connectivity index (χ4v) is 2.88. The SMILES string of the molecule is CCNC(C)c1c(F)cccc1OCCc1cccs1. The molecule has 4 heteroatoms. The van der Waals surface area contributed by atoms with Gasteiger partial charge in [-0.1, -0.05) is 19.1 Å². The molecule has 0 amide bonds. The van der Waals surface area contributed by atoms with Crippen LogP contribution in [-0.2, 0) is 6.42 Å². The summed E-state index contributed by atoms with van der Waals surface area (Å²) < 4.78 is 19.8. The first-order valence-corrected chi connectivity index (χ1v) is 7.77. The Bertz CT molecular complexity index is 527. The minimum atomic E-state index is -0.216. The van der Waals surface area contributed by atoms with Crippen LogP contribution in [0.5, 0.6) is 5.75 Å². The van der Waals surface area contributed by atoms with Crippen molar-refractivity contribution in [1.82, 2.24) is 5.32 Å². The van der Waals surface area contributed by atoms with Crippen LogP contribution in [0.1, 0.15) is 30.3 Å². The maximum Gasteiger partial charge on any atom is 0.131 e. The van der Waals surface area contributed by atoms with Gasteiger partial charge in [0, 0.05) is 22.9 Å². The van der Waals surface area contributed by atoms with Crippen LogP contribution in [0.15, 0.2) is 35.7 Å². The molecule has 1 aromatic carbocycles. The molecular formula is C16H20FNOS. The van der Waals surface area contributed by atoms with Crippen molar-refractivity contribution in [3.63, 3.8) is 0 Å². The van der Waals surface area contributed by atoms with Crippen molar-refractivity contribution < 1.29 is 9.13 Å². The van der Waals surface area contributed by atoms with Crippen molar-refractivity contribution in [2.45, 2.75) is 26.3 Å². The topological polar surface area (TPSA) is 21.3 Å². The maximum atomic E-state index is 14.0. The highest BCUT2D eigenvalue weighted by atomic mass is 32.1. The van der Waals surface area contributed by atoms with Gasteiger partial charge in [-0.2, -0.15) is 0 Å². The van der Waals surface area contributed by atoms with Crippen LogP contribution in [0.3, 0.4) is 0 Å². The molecule has 0 aliphatic carbocycles. The molecule has 20 heavy (non-hydrogen) atoms. The van der Waals surface area contributed by atoms with E-state index in [9.17, 15) is 4.39 Å². The largest absolute Gasteiger partial charge is 0.493 e. The Morgan fingerprint density at radius 3 is 2.85 bits per heavy atom. The number of nitrogens with one attached hydrogen (secondary N) is 1. The van der Waals surface area contributed by atoms with Crippen LogP contribution >= 0.6 is 11.3 Å². The molecule has 1 heterocycles. The fourth-order valence-electron chi connectivity index (χ4n) is 2.19. The van der Waals surface area contributed by atoms with Crippen LogP contribution in [-0.4, -0.2) is 13.2 Å². The summed E-state index contributed by atoms with van der Waals surface area (Å²) in [6, 6.07) is 9.06. The first kappa shape index (κ1) is 15.0. The molecule has 0 saturated heterocycles. The lowest BCUT2D eigenvalue weighted by atomic mass is 10.1. The summed E-state index contributed by atoms with van der Waals surface area (Å²) >= 11 is 1.71. The highest BCUT2D eigenvalue weighted by molar-refractivity contribution is 7.09. The third-order valence-electron chi connectivity index (χ3n) is 3.14. The van der Waals surface area contributed by atoms with Gasteiger partial charge < -0.3 is 10.1 Å². The molecule has 0 spiro atoms. The lowest BCUT2D eigenvalue weighted by Gasteiger charge is -2.18. The molecule has 0 bridgehead atoms. The van der Waals surface area contributed by atoms with Gasteiger partial charge in [-0.3, -0.25) is 0 Å². The van der Waals surface area contributed by atoms with Crippen molar-refractivity contribution in [1.29, 1.82) is 0 Å². The number of halogens is 1. The molecule has 1 atom stereocenters. The third kappa shape index (κ3) is 3.81. The molecule has 1 N–H and O–H groups in total. The van der Waals surface area contributed by atoms with Crippen LogP contribution < -0.4 is 10.1 Å². The van der Waals surface area contributed by atoms with Crippen molar-refractivity contribution in [2.24, 2.45) is 0 Å². The number of hydrogen-bond donors (Lipinski definition) is 1. The van der Waals surface area contributed by atoms with E-state index in [1.807, 2.05) is 26.0 Å². The maximum absolute atomic E-state index is 14.0. The lowest BCUT2D eigenvalue weighted by Crippen LogP contribution is -2.20. The zero-order valence-electron chi connectivity index (χ0n) is 11.9. The summed E-state index contributed by atoms with van der Waals surface area (Å²) in [4.78, 5) is 1.28. The molecular weight excluding hydrogens is 273 g/mol. The minimum absolute atomic E-state index is 0.0575. The van der Waals surface area contributed by atoms with E-state index in [-0.39, 0.29) is 11.9 Å². The van der Waals surface area contributed by atoms with E-state index >= 15 is 0 Å². The lowest BCUT2D eigenvalue weighted by molar-refractivity contribution is 0.313. The Balaban J connectivity index is 2.04. The quantitative estimate of drug-likeness (QED) is 0.827.